The zero-order chi connectivity index (χ0) is 34.4. The Morgan fingerprint density at radius 1 is 1.00 bits per heavy atom. The van der Waals surface area contributed by atoms with Gasteiger partial charge in [-0.25, -0.2) is 27.9 Å². The Hall–Kier alpha value is -4.46. The number of ether oxygens (including phenoxy) is 2. The van der Waals surface area contributed by atoms with Gasteiger partial charge in [0.1, 0.15) is 16.2 Å². The van der Waals surface area contributed by atoms with Crippen LogP contribution in [0.1, 0.15) is 83.0 Å². The third-order valence-electron chi connectivity index (χ3n) is 7.92. The van der Waals surface area contributed by atoms with Gasteiger partial charge in [-0.1, -0.05) is 58.1 Å². The highest BCUT2D eigenvalue weighted by molar-refractivity contribution is 7.90. The molecule has 2 aliphatic heterocycles. The Labute approximate surface area is 275 Å². The van der Waals surface area contributed by atoms with E-state index in [1.807, 2.05) is 0 Å². The van der Waals surface area contributed by atoms with Crippen molar-refractivity contribution in [1.82, 2.24) is 14.5 Å². The number of aliphatic imine (C=N–C) groups is 1. The van der Waals surface area contributed by atoms with Crippen LogP contribution >= 0.6 is 0 Å². The molecule has 254 valence electrons. The molecule has 2 aromatic rings. The number of amides is 4. The van der Waals surface area contributed by atoms with Crippen molar-refractivity contribution in [3.8, 4) is 5.75 Å². The lowest BCUT2D eigenvalue weighted by atomic mass is 10.1. The summed E-state index contributed by atoms with van der Waals surface area (Å²) >= 11 is 0. The van der Waals surface area contributed by atoms with E-state index >= 15 is 0 Å². The second-order valence-corrected chi connectivity index (χ2v) is 13.8. The number of carbonyl (C=O) groups excluding carboxylic acids is 4. The van der Waals surface area contributed by atoms with Crippen molar-refractivity contribution < 1.29 is 37.1 Å². The van der Waals surface area contributed by atoms with Crippen molar-refractivity contribution in [1.29, 1.82) is 0 Å². The summed E-state index contributed by atoms with van der Waals surface area (Å²) in [4.78, 5) is 59.2. The highest BCUT2D eigenvalue weighted by Crippen LogP contribution is 2.35. The summed E-state index contributed by atoms with van der Waals surface area (Å²) in [7, 11) is -2.85. The molecule has 14 heteroatoms. The number of rotatable bonds is 15. The summed E-state index contributed by atoms with van der Waals surface area (Å²) in [6.07, 6.45) is 6.52. The summed E-state index contributed by atoms with van der Waals surface area (Å²) in [5.74, 6) is -2.44. The number of hydrogen-bond donors (Lipinski definition) is 2. The predicted molar refractivity (Wildman–Crippen MR) is 176 cm³/mol. The molecule has 0 bridgehead atoms. The van der Waals surface area contributed by atoms with Gasteiger partial charge in [0.2, 0.25) is 0 Å². The zero-order valence-electron chi connectivity index (χ0n) is 27.5. The number of unbranched alkanes of at least 4 members (excludes halogenated alkanes) is 5. The number of urea groups is 1. The molecule has 2 heterocycles. The molecular weight excluding hydrogens is 626 g/mol. The van der Waals surface area contributed by atoms with Crippen LogP contribution in [0.5, 0.6) is 5.75 Å². The van der Waals surface area contributed by atoms with Crippen molar-refractivity contribution in [2.24, 2.45) is 4.99 Å². The Kier molecular flexibility index (Phi) is 11.3. The number of nitrogens with zero attached hydrogens (tertiary/aromatic N) is 3. The van der Waals surface area contributed by atoms with Gasteiger partial charge < -0.3 is 20.1 Å². The van der Waals surface area contributed by atoms with E-state index in [4.69, 9.17) is 9.47 Å². The number of benzene rings is 2. The second kappa shape index (κ2) is 15.0. The summed E-state index contributed by atoms with van der Waals surface area (Å²) < 4.78 is 39.5. The standard InChI is InChI=1S/C33H43N5O8S/c1-6-8-9-10-11-14-20-46-30(40)22-17-18-25(45-5)24(21-22)35-29(39)27(38-31(41)33(3,4)36-32(38)42)28-34-23-15-12-13-16-26(23)47(43,44)37(28)19-7-2/h12-13,15-18,21,27H,6-11,14,19-20H2,1-5H3,(H,35,39)(H,36,42). The minimum atomic E-state index is -4.22. The molecule has 0 aromatic heterocycles. The average Bonchev–Trinajstić information content (AvgIpc) is 3.23. The number of amidine groups is 1. The normalized spacial score (nSPS) is 17.0. The molecule has 2 aromatic carbocycles. The number of hydrogen-bond acceptors (Lipinski definition) is 9. The Bertz CT molecular complexity index is 1660. The summed E-state index contributed by atoms with van der Waals surface area (Å²) in [5.41, 5.74) is -1.13. The monoisotopic (exact) mass is 669 g/mol. The maximum absolute atomic E-state index is 14.3. The van der Waals surface area contributed by atoms with Gasteiger partial charge in [-0.15, -0.1) is 0 Å². The van der Waals surface area contributed by atoms with E-state index in [9.17, 15) is 27.6 Å². The number of sulfonamides is 1. The molecule has 0 radical (unpaired) electrons. The number of methoxy groups -OCH3 is 1. The van der Waals surface area contributed by atoms with E-state index in [1.165, 1.54) is 57.7 Å². The van der Waals surface area contributed by atoms with Crippen LogP contribution in [0.2, 0.25) is 0 Å². The lowest BCUT2D eigenvalue weighted by molar-refractivity contribution is -0.134. The minimum absolute atomic E-state index is 0.0459. The van der Waals surface area contributed by atoms with Gasteiger partial charge in [-0.05, 0) is 57.0 Å². The zero-order valence-corrected chi connectivity index (χ0v) is 28.3. The van der Waals surface area contributed by atoms with E-state index in [0.29, 0.717) is 11.3 Å². The van der Waals surface area contributed by atoms with Crippen LogP contribution < -0.4 is 15.4 Å². The molecule has 2 aliphatic rings. The summed E-state index contributed by atoms with van der Waals surface area (Å²) in [5, 5.41) is 5.21. The molecule has 0 aliphatic carbocycles. The van der Waals surface area contributed by atoms with Gasteiger partial charge in [0.15, 0.2) is 11.9 Å². The average molecular weight is 670 g/mol. The maximum Gasteiger partial charge on any atom is 0.338 e. The minimum Gasteiger partial charge on any atom is -0.495 e. The highest BCUT2D eigenvalue weighted by atomic mass is 32.2. The van der Waals surface area contributed by atoms with Crippen molar-refractivity contribution in [2.75, 3.05) is 25.6 Å². The Balaban J connectivity index is 1.70. The van der Waals surface area contributed by atoms with E-state index < -0.39 is 45.4 Å². The third kappa shape index (κ3) is 7.58. The van der Waals surface area contributed by atoms with Crippen molar-refractivity contribution >= 4 is 51.0 Å². The van der Waals surface area contributed by atoms with Crippen molar-refractivity contribution in [3.63, 3.8) is 0 Å². The molecule has 0 spiro atoms. The number of carbonyl (C=O) groups is 4. The topological polar surface area (TPSA) is 164 Å². The largest absolute Gasteiger partial charge is 0.495 e. The molecule has 2 N–H and O–H groups in total. The first kappa shape index (κ1) is 35.4. The summed E-state index contributed by atoms with van der Waals surface area (Å²) in [6, 6.07) is 7.67. The van der Waals surface area contributed by atoms with Gasteiger partial charge in [0.25, 0.3) is 21.8 Å². The molecule has 4 rings (SSSR count). The first-order chi connectivity index (χ1) is 22.4. The van der Waals surface area contributed by atoms with Crippen LogP contribution in [0.3, 0.4) is 0 Å². The lowest BCUT2D eigenvalue weighted by Crippen LogP contribution is -2.59. The van der Waals surface area contributed by atoms with Crippen LogP contribution in [-0.2, 0) is 24.3 Å². The van der Waals surface area contributed by atoms with Crippen LogP contribution in [0.25, 0.3) is 0 Å². The number of esters is 1. The van der Waals surface area contributed by atoms with E-state index in [0.717, 1.165) is 36.4 Å². The smallest absolute Gasteiger partial charge is 0.338 e. The lowest BCUT2D eigenvalue weighted by Gasteiger charge is -2.35. The highest BCUT2D eigenvalue weighted by Gasteiger charge is 2.53. The van der Waals surface area contributed by atoms with E-state index in [-0.39, 0.29) is 46.6 Å². The fraction of sp³-hybridized carbons (Fsp3) is 0.485. The van der Waals surface area contributed by atoms with Gasteiger partial charge in [0.05, 0.1) is 30.7 Å². The van der Waals surface area contributed by atoms with Crippen molar-refractivity contribution in [3.05, 3.63) is 48.0 Å². The third-order valence-corrected chi connectivity index (χ3v) is 9.77. The number of fused-ring (bicyclic) bond motifs is 1. The maximum atomic E-state index is 14.3. The molecule has 47 heavy (non-hydrogen) atoms. The van der Waals surface area contributed by atoms with Gasteiger partial charge in [-0.3, -0.25) is 13.9 Å². The van der Waals surface area contributed by atoms with Gasteiger partial charge >= 0.3 is 12.0 Å². The molecule has 1 unspecified atom stereocenters. The molecule has 0 saturated carbocycles. The van der Waals surface area contributed by atoms with Gasteiger partial charge in [0, 0.05) is 6.54 Å². The number of nitrogens with one attached hydrogen (secondary N) is 2. The molecule has 13 nitrogen and oxygen atoms in total. The Morgan fingerprint density at radius 2 is 1.70 bits per heavy atom. The SMILES string of the molecule is CCCCCCCCOC(=O)c1ccc(OC)c(NC(=O)C(C2=Nc3ccccc3S(=O)(=O)N2CCC)N2C(=O)NC(C)(C)C2=O)c1. The fourth-order valence-electron chi connectivity index (χ4n) is 5.45. The molecule has 4 amide bonds. The number of para-hydroxylation sites is 1. The second-order valence-electron chi connectivity index (χ2n) is 12.0. The first-order valence-corrected chi connectivity index (χ1v) is 17.3. The van der Waals surface area contributed by atoms with E-state index in [1.54, 1.807) is 19.1 Å². The van der Waals surface area contributed by atoms with Crippen LogP contribution in [-0.4, -0.2) is 79.1 Å². The summed E-state index contributed by atoms with van der Waals surface area (Å²) in [6.45, 7) is 7.02. The molecule has 1 fully saturated rings. The van der Waals surface area contributed by atoms with Crippen LogP contribution in [0.15, 0.2) is 52.4 Å². The molecule has 1 saturated heterocycles. The van der Waals surface area contributed by atoms with Crippen LogP contribution in [0.4, 0.5) is 16.2 Å². The van der Waals surface area contributed by atoms with Crippen molar-refractivity contribution in [2.45, 2.75) is 89.1 Å². The first-order valence-electron chi connectivity index (χ1n) is 15.9. The quantitative estimate of drug-likeness (QED) is 0.152. The molecular formula is C33H43N5O8S. The predicted octanol–water partition coefficient (Wildman–Crippen LogP) is 4.99. The van der Waals surface area contributed by atoms with Crippen LogP contribution in [0, 0.1) is 0 Å². The Morgan fingerprint density at radius 3 is 2.36 bits per heavy atom. The van der Waals surface area contributed by atoms with E-state index in [2.05, 4.69) is 22.5 Å². The molecule has 1 atom stereocenters. The number of anilines is 1. The van der Waals surface area contributed by atoms with Gasteiger partial charge in [-0.2, -0.15) is 0 Å². The fourth-order valence-corrected chi connectivity index (χ4v) is 7.12. The number of imide groups is 1.